The Labute approximate surface area is 171 Å². The standard InChI is InChI=1S/C20H26N2O6S/c1-4-29(24,25)22-18-12-7-15(14-19(18)27-3)21-20(23)6-5-13-28-17-10-8-16(26-2)9-11-17/h7-12,14,22H,4-6,13H2,1-3H3,(H,21,23). The molecule has 0 aliphatic rings. The minimum absolute atomic E-state index is 0.0484. The number of benzene rings is 2. The number of carbonyl (C=O) groups is 1. The topological polar surface area (TPSA) is 103 Å². The van der Waals surface area contributed by atoms with Crippen LogP contribution in [0.25, 0.3) is 0 Å². The summed E-state index contributed by atoms with van der Waals surface area (Å²) in [4.78, 5) is 12.1. The molecule has 29 heavy (non-hydrogen) atoms. The second-order valence-electron chi connectivity index (χ2n) is 6.10. The van der Waals surface area contributed by atoms with Gasteiger partial charge in [0.15, 0.2) is 0 Å². The molecule has 1 amide bonds. The van der Waals surface area contributed by atoms with Gasteiger partial charge >= 0.3 is 0 Å². The van der Waals surface area contributed by atoms with Gasteiger partial charge in [-0.15, -0.1) is 0 Å². The Balaban J connectivity index is 1.83. The van der Waals surface area contributed by atoms with Gasteiger partial charge in [0.1, 0.15) is 17.2 Å². The molecular weight excluding hydrogens is 396 g/mol. The molecule has 0 spiro atoms. The number of amides is 1. The summed E-state index contributed by atoms with van der Waals surface area (Å²) in [5.74, 6) is 1.56. The average Bonchev–Trinajstić information content (AvgIpc) is 2.72. The van der Waals surface area contributed by atoms with Crippen molar-refractivity contribution in [1.29, 1.82) is 0 Å². The van der Waals surface area contributed by atoms with E-state index in [-0.39, 0.29) is 18.1 Å². The highest BCUT2D eigenvalue weighted by Gasteiger charge is 2.12. The van der Waals surface area contributed by atoms with Gasteiger partial charge in [0.05, 0.1) is 32.3 Å². The molecule has 2 aromatic rings. The van der Waals surface area contributed by atoms with Crippen LogP contribution >= 0.6 is 0 Å². The van der Waals surface area contributed by atoms with Crippen LogP contribution in [0.1, 0.15) is 19.8 Å². The summed E-state index contributed by atoms with van der Waals surface area (Å²) in [6, 6.07) is 12.0. The first-order valence-electron chi connectivity index (χ1n) is 9.12. The summed E-state index contributed by atoms with van der Waals surface area (Å²) < 4.78 is 41.8. The van der Waals surface area contributed by atoms with E-state index in [4.69, 9.17) is 14.2 Å². The van der Waals surface area contributed by atoms with Crippen molar-refractivity contribution in [1.82, 2.24) is 0 Å². The van der Waals surface area contributed by atoms with Crippen LogP contribution in [-0.4, -0.2) is 40.9 Å². The Morgan fingerprint density at radius 3 is 2.31 bits per heavy atom. The normalized spacial score (nSPS) is 10.9. The molecule has 9 heteroatoms. The Morgan fingerprint density at radius 2 is 1.69 bits per heavy atom. The van der Waals surface area contributed by atoms with Crippen LogP contribution in [-0.2, 0) is 14.8 Å². The second-order valence-corrected chi connectivity index (χ2v) is 8.11. The third-order valence-corrected chi connectivity index (χ3v) is 5.30. The van der Waals surface area contributed by atoms with E-state index in [1.807, 2.05) is 0 Å². The van der Waals surface area contributed by atoms with E-state index in [0.29, 0.717) is 35.9 Å². The number of rotatable bonds is 11. The smallest absolute Gasteiger partial charge is 0.232 e. The first kappa shape index (κ1) is 22.4. The third kappa shape index (κ3) is 7.19. The molecule has 8 nitrogen and oxygen atoms in total. The van der Waals surface area contributed by atoms with Gasteiger partial charge in [-0.3, -0.25) is 9.52 Å². The molecule has 0 aliphatic carbocycles. The van der Waals surface area contributed by atoms with Gasteiger partial charge < -0.3 is 19.5 Å². The lowest BCUT2D eigenvalue weighted by Crippen LogP contribution is -2.16. The monoisotopic (exact) mass is 422 g/mol. The minimum Gasteiger partial charge on any atom is -0.497 e. The van der Waals surface area contributed by atoms with Crippen molar-refractivity contribution in [3.05, 3.63) is 42.5 Å². The Bertz CT molecular complexity index is 913. The van der Waals surface area contributed by atoms with Gasteiger partial charge in [0.25, 0.3) is 0 Å². The van der Waals surface area contributed by atoms with E-state index in [0.717, 1.165) is 5.75 Å². The van der Waals surface area contributed by atoms with Crippen LogP contribution in [0.3, 0.4) is 0 Å². The van der Waals surface area contributed by atoms with E-state index in [2.05, 4.69) is 10.0 Å². The maximum Gasteiger partial charge on any atom is 0.232 e. The third-order valence-electron chi connectivity index (χ3n) is 4.01. The number of sulfonamides is 1. The van der Waals surface area contributed by atoms with Crippen LogP contribution in [0, 0.1) is 0 Å². The summed E-state index contributed by atoms with van der Waals surface area (Å²) in [6.45, 7) is 1.95. The highest BCUT2D eigenvalue weighted by Crippen LogP contribution is 2.29. The number of hydrogen-bond acceptors (Lipinski definition) is 6. The summed E-state index contributed by atoms with van der Waals surface area (Å²) in [5, 5.41) is 2.77. The number of hydrogen-bond donors (Lipinski definition) is 2. The van der Waals surface area contributed by atoms with Crippen LogP contribution < -0.4 is 24.2 Å². The van der Waals surface area contributed by atoms with E-state index in [9.17, 15) is 13.2 Å². The predicted octanol–water partition coefficient (Wildman–Crippen LogP) is 3.26. The SMILES string of the molecule is CCS(=O)(=O)Nc1ccc(NC(=O)CCCOc2ccc(OC)cc2)cc1OC. The number of nitrogens with one attached hydrogen (secondary N) is 2. The van der Waals surface area contributed by atoms with Crippen molar-refractivity contribution < 1.29 is 27.4 Å². The van der Waals surface area contributed by atoms with Gasteiger partial charge in [0, 0.05) is 18.2 Å². The van der Waals surface area contributed by atoms with Crippen molar-refractivity contribution in [2.75, 3.05) is 36.6 Å². The molecule has 0 unspecified atom stereocenters. The highest BCUT2D eigenvalue weighted by molar-refractivity contribution is 7.92. The maximum atomic E-state index is 12.1. The number of methoxy groups -OCH3 is 2. The van der Waals surface area contributed by atoms with Crippen molar-refractivity contribution >= 4 is 27.3 Å². The zero-order valence-electron chi connectivity index (χ0n) is 16.7. The molecule has 0 saturated carbocycles. The highest BCUT2D eigenvalue weighted by atomic mass is 32.2. The molecule has 0 aliphatic heterocycles. The summed E-state index contributed by atoms with van der Waals surface area (Å²) >= 11 is 0. The van der Waals surface area contributed by atoms with Crippen molar-refractivity contribution in [3.63, 3.8) is 0 Å². The first-order chi connectivity index (χ1) is 13.9. The van der Waals surface area contributed by atoms with E-state index >= 15 is 0 Å². The van der Waals surface area contributed by atoms with Gasteiger partial charge in [-0.2, -0.15) is 0 Å². The van der Waals surface area contributed by atoms with Crippen LogP contribution in [0.4, 0.5) is 11.4 Å². The zero-order chi connectivity index (χ0) is 21.3. The Hall–Kier alpha value is -2.94. The molecule has 2 N–H and O–H groups in total. The fraction of sp³-hybridized carbons (Fsp3) is 0.350. The van der Waals surface area contributed by atoms with Gasteiger partial charge in [-0.25, -0.2) is 8.42 Å². The predicted molar refractivity (Wildman–Crippen MR) is 112 cm³/mol. The summed E-state index contributed by atoms with van der Waals surface area (Å²) in [6.07, 6.45) is 0.825. The lowest BCUT2D eigenvalue weighted by Gasteiger charge is -2.13. The molecule has 0 bridgehead atoms. The molecule has 0 aromatic heterocycles. The molecule has 0 heterocycles. The first-order valence-corrected chi connectivity index (χ1v) is 10.8. The zero-order valence-corrected chi connectivity index (χ0v) is 17.5. The number of anilines is 2. The Kier molecular flexibility index (Phi) is 8.14. The van der Waals surface area contributed by atoms with Crippen LogP contribution in [0.5, 0.6) is 17.2 Å². The molecule has 158 valence electrons. The van der Waals surface area contributed by atoms with Crippen LogP contribution in [0.15, 0.2) is 42.5 Å². The van der Waals surface area contributed by atoms with Crippen molar-refractivity contribution in [3.8, 4) is 17.2 Å². The van der Waals surface area contributed by atoms with E-state index < -0.39 is 10.0 Å². The minimum atomic E-state index is -3.42. The molecule has 0 fully saturated rings. The fourth-order valence-corrected chi connectivity index (χ4v) is 3.06. The van der Waals surface area contributed by atoms with Crippen molar-refractivity contribution in [2.24, 2.45) is 0 Å². The summed E-state index contributed by atoms with van der Waals surface area (Å²) in [7, 11) is -0.391. The van der Waals surface area contributed by atoms with Gasteiger partial charge in [-0.1, -0.05) is 0 Å². The maximum absolute atomic E-state index is 12.1. The lowest BCUT2D eigenvalue weighted by molar-refractivity contribution is -0.116. The lowest BCUT2D eigenvalue weighted by atomic mass is 10.2. The Morgan fingerprint density at radius 1 is 1.00 bits per heavy atom. The fourth-order valence-electron chi connectivity index (χ4n) is 2.41. The number of carbonyl (C=O) groups excluding carboxylic acids is 1. The van der Waals surface area contributed by atoms with E-state index in [1.54, 1.807) is 56.5 Å². The molecule has 2 aromatic carbocycles. The molecule has 0 radical (unpaired) electrons. The second kappa shape index (κ2) is 10.6. The van der Waals surface area contributed by atoms with Gasteiger partial charge in [0.2, 0.25) is 15.9 Å². The van der Waals surface area contributed by atoms with E-state index in [1.165, 1.54) is 7.11 Å². The van der Waals surface area contributed by atoms with Gasteiger partial charge in [-0.05, 0) is 49.7 Å². The summed E-state index contributed by atoms with van der Waals surface area (Å²) in [5.41, 5.74) is 0.836. The number of ether oxygens (including phenoxy) is 3. The van der Waals surface area contributed by atoms with Crippen LogP contribution in [0.2, 0.25) is 0 Å². The molecule has 2 rings (SSSR count). The quantitative estimate of drug-likeness (QED) is 0.539. The molecule has 0 saturated heterocycles. The molecule has 0 atom stereocenters. The van der Waals surface area contributed by atoms with Crippen molar-refractivity contribution in [2.45, 2.75) is 19.8 Å². The average molecular weight is 423 g/mol. The molecular formula is C20H26N2O6S. The largest absolute Gasteiger partial charge is 0.497 e.